The average molecular weight is 491 g/mol. The van der Waals surface area contributed by atoms with E-state index in [4.69, 9.17) is 14.9 Å². The SMILES string of the molecule is CC(=O)NCc1ccc(-c2csc(NC(=O)c3cccc(COc4ccccc4C(N)=O)c3)n2)o1. The molecule has 0 aliphatic heterocycles. The van der Waals surface area contributed by atoms with E-state index in [1.54, 1.807) is 60.0 Å². The molecule has 178 valence electrons. The molecule has 0 bridgehead atoms. The molecule has 0 spiro atoms. The minimum atomic E-state index is -0.574. The zero-order valence-corrected chi connectivity index (χ0v) is 19.6. The molecule has 0 fully saturated rings. The van der Waals surface area contributed by atoms with Crippen LogP contribution in [0.5, 0.6) is 5.75 Å². The first-order valence-corrected chi connectivity index (χ1v) is 11.5. The van der Waals surface area contributed by atoms with Gasteiger partial charge >= 0.3 is 0 Å². The number of ether oxygens (including phenoxy) is 1. The smallest absolute Gasteiger partial charge is 0.257 e. The number of hydrogen-bond donors (Lipinski definition) is 3. The number of para-hydroxylation sites is 1. The summed E-state index contributed by atoms with van der Waals surface area (Å²) in [5.74, 6) is 0.478. The first-order chi connectivity index (χ1) is 16.9. The van der Waals surface area contributed by atoms with Crippen LogP contribution < -0.4 is 21.1 Å². The van der Waals surface area contributed by atoms with Gasteiger partial charge in [0.05, 0.1) is 12.1 Å². The number of nitrogens with one attached hydrogen (secondary N) is 2. The van der Waals surface area contributed by atoms with Gasteiger partial charge in [-0.1, -0.05) is 24.3 Å². The number of furan rings is 1. The third-order valence-corrected chi connectivity index (χ3v) is 5.64. The Morgan fingerprint density at radius 1 is 1.09 bits per heavy atom. The molecular formula is C25H22N4O5S. The van der Waals surface area contributed by atoms with Gasteiger partial charge < -0.3 is 20.2 Å². The lowest BCUT2D eigenvalue weighted by molar-refractivity contribution is -0.119. The van der Waals surface area contributed by atoms with Crippen molar-refractivity contribution in [3.8, 4) is 17.2 Å². The topological polar surface area (TPSA) is 137 Å². The Morgan fingerprint density at radius 2 is 1.91 bits per heavy atom. The van der Waals surface area contributed by atoms with Gasteiger partial charge in [0.1, 0.15) is 23.8 Å². The van der Waals surface area contributed by atoms with Gasteiger partial charge in [-0.05, 0) is 42.0 Å². The monoisotopic (exact) mass is 490 g/mol. The summed E-state index contributed by atoms with van der Waals surface area (Å²) in [4.78, 5) is 39.8. The van der Waals surface area contributed by atoms with Gasteiger partial charge in [0.25, 0.3) is 11.8 Å². The molecule has 0 unspecified atom stereocenters. The van der Waals surface area contributed by atoms with Crippen LogP contribution >= 0.6 is 11.3 Å². The normalized spacial score (nSPS) is 10.5. The summed E-state index contributed by atoms with van der Waals surface area (Å²) < 4.78 is 11.4. The molecule has 0 saturated carbocycles. The van der Waals surface area contributed by atoms with E-state index < -0.39 is 5.91 Å². The number of rotatable bonds is 9. The standard InChI is InChI=1S/C25H22N4O5S/c1-15(30)27-12-18-9-10-22(34-18)20-14-35-25(28-20)29-24(32)17-6-4-5-16(11-17)13-33-21-8-3-2-7-19(21)23(26)31/h2-11,14H,12-13H2,1H3,(H2,26,31)(H,27,30)(H,28,29,32). The Hall–Kier alpha value is -4.44. The second-order valence-corrected chi connectivity index (χ2v) is 8.38. The number of carbonyl (C=O) groups excluding carboxylic acids is 3. The highest BCUT2D eigenvalue weighted by molar-refractivity contribution is 7.14. The third-order valence-electron chi connectivity index (χ3n) is 4.89. The number of carbonyl (C=O) groups is 3. The highest BCUT2D eigenvalue weighted by Crippen LogP contribution is 2.27. The van der Waals surface area contributed by atoms with Gasteiger partial charge in [0.2, 0.25) is 5.91 Å². The summed E-state index contributed by atoms with van der Waals surface area (Å²) in [5.41, 5.74) is 7.44. The fourth-order valence-corrected chi connectivity index (χ4v) is 3.89. The molecule has 0 aliphatic carbocycles. The van der Waals surface area contributed by atoms with Crippen LogP contribution in [0.25, 0.3) is 11.5 Å². The van der Waals surface area contributed by atoms with Crippen LogP contribution in [0.3, 0.4) is 0 Å². The largest absolute Gasteiger partial charge is 0.488 e. The van der Waals surface area contributed by atoms with Crippen LogP contribution in [0.4, 0.5) is 5.13 Å². The van der Waals surface area contributed by atoms with Crippen molar-refractivity contribution in [3.05, 3.63) is 88.5 Å². The molecule has 35 heavy (non-hydrogen) atoms. The maximum atomic E-state index is 12.8. The summed E-state index contributed by atoms with van der Waals surface area (Å²) in [7, 11) is 0. The maximum absolute atomic E-state index is 12.8. The molecule has 0 radical (unpaired) electrons. The minimum absolute atomic E-state index is 0.146. The van der Waals surface area contributed by atoms with Crippen molar-refractivity contribution >= 4 is 34.2 Å². The summed E-state index contributed by atoms with van der Waals surface area (Å²) in [6.07, 6.45) is 0. The Balaban J connectivity index is 1.39. The molecule has 4 N–H and O–H groups in total. The highest BCUT2D eigenvalue weighted by atomic mass is 32.1. The average Bonchev–Trinajstić information content (AvgIpc) is 3.51. The van der Waals surface area contributed by atoms with Crippen molar-refractivity contribution in [2.75, 3.05) is 5.32 Å². The van der Waals surface area contributed by atoms with Crippen LogP contribution in [-0.4, -0.2) is 22.7 Å². The van der Waals surface area contributed by atoms with Gasteiger partial charge in [-0.15, -0.1) is 11.3 Å². The van der Waals surface area contributed by atoms with Crippen molar-refractivity contribution in [2.45, 2.75) is 20.1 Å². The first-order valence-electron chi connectivity index (χ1n) is 10.6. The minimum Gasteiger partial charge on any atom is -0.488 e. The van der Waals surface area contributed by atoms with Gasteiger partial charge in [0.15, 0.2) is 10.9 Å². The van der Waals surface area contributed by atoms with Crippen molar-refractivity contribution in [3.63, 3.8) is 0 Å². The molecule has 9 nitrogen and oxygen atoms in total. The number of benzene rings is 2. The van der Waals surface area contributed by atoms with Crippen LogP contribution in [-0.2, 0) is 17.9 Å². The molecule has 10 heteroatoms. The molecular weight excluding hydrogens is 468 g/mol. The van der Waals surface area contributed by atoms with Gasteiger partial charge in [0, 0.05) is 17.9 Å². The Bertz CT molecular complexity index is 1380. The molecule has 2 heterocycles. The zero-order valence-electron chi connectivity index (χ0n) is 18.7. The summed E-state index contributed by atoms with van der Waals surface area (Å²) in [5, 5.41) is 7.65. The van der Waals surface area contributed by atoms with Crippen LogP contribution in [0, 0.1) is 0 Å². The molecule has 4 rings (SSSR count). The number of nitrogens with two attached hydrogens (primary N) is 1. The van der Waals surface area contributed by atoms with Gasteiger partial charge in [-0.2, -0.15) is 0 Å². The van der Waals surface area contributed by atoms with Gasteiger partial charge in [-0.25, -0.2) is 4.98 Å². The van der Waals surface area contributed by atoms with E-state index in [1.165, 1.54) is 18.3 Å². The third kappa shape index (κ3) is 6.12. The molecule has 3 amide bonds. The fourth-order valence-electron chi connectivity index (χ4n) is 3.20. The molecule has 0 atom stereocenters. The number of aromatic nitrogens is 1. The fraction of sp³-hybridized carbons (Fsp3) is 0.120. The first kappa shape index (κ1) is 23.7. The maximum Gasteiger partial charge on any atom is 0.257 e. The van der Waals surface area contributed by atoms with Crippen LogP contribution in [0.1, 0.15) is 39.0 Å². The van der Waals surface area contributed by atoms with Crippen molar-refractivity contribution in [1.29, 1.82) is 0 Å². The van der Waals surface area contributed by atoms with Crippen LogP contribution in [0.15, 0.2) is 70.5 Å². The summed E-state index contributed by atoms with van der Waals surface area (Å²) in [6.45, 7) is 1.88. The number of hydrogen-bond acceptors (Lipinski definition) is 7. The van der Waals surface area contributed by atoms with E-state index in [9.17, 15) is 14.4 Å². The Labute approximate surface area is 204 Å². The number of anilines is 1. The van der Waals surface area contributed by atoms with E-state index in [1.807, 2.05) is 6.07 Å². The number of thiazole rings is 1. The zero-order chi connectivity index (χ0) is 24.8. The van der Waals surface area contributed by atoms with E-state index in [0.29, 0.717) is 39.2 Å². The number of amides is 3. The molecule has 2 aromatic carbocycles. The lowest BCUT2D eigenvalue weighted by Gasteiger charge is -2.10. The van der Waals surface area contributed by atoms with Crippen molar-refractivity contribution in [2.24, 2.45) is 5.73 Å². The van der Waals surface area contributed by atoms with Crippen molar-refractivity contribution in [1.82, 2.24) is 10.3 Å². The predicted molar refractivity (Wildman–Crippen MR) is 131 cm³/mol. The van der Waals surface area contributed by atoms with E-state index >= 15 is 0 Å². The molecule has 0 saturated heterocycles. The lowest BCUT2D eigenvalue weighted by Crippen LogP contribution is -2.18. The Morgan fingerprint density at radius 3 is 2.71 bits per heavy atom. The highest BCUT2D eigenvalue weighted by Gasteiger charge is 2.14. The predicted octanol–water partition coefficient (Wildman–Crippen LogP) is 3.97. The molecule has 4 aromatic rings. The molecule has 2 aromatic heterocycles. The van der Waals surface area contributed by atoms with Crippen LogP contribution in [0.2, 0.25) is 0 Å². The second-order valence-electron chi connectivity index (χ2n) is 7.52. The second kappa shape index (κ2) is 10.7. The van der Waals surface area contributed by atoms with Crippen molar-refractivity contribution < 1.29 is 23.5 Å². The van der Waals surface area contributed by atoms with Gasteiger partial charge in [-0.3, -0.25) is 19.7 Å². The number of nitrogens with zero attached hydrogens (tertiary/aromatic N) is 1. The number of primary amides is 1. The molecule has 0 aliphatic rings. The summed E-state index contributed by atoms with van der Waals surface area (Å²) in [6, 6.07) is 17.2. The lowest BCUT2D eigenvalue weighted by atomic mass is 10.1. The van der Waals surface area contributed by atoms with E-state index in [-0.39, 0.29) is 25.0 Å². The quantitative estimate of drug-likeness (QED) is 0.325. The summed E-state index contributed by atoms with van der Waals surface area (Å²) >= 11 is 1.27. The Kier molecular flexibility index (Phi) is 7.22. The van der Waals surface area contributed by atoms with E-state index in [2.05, 4.69) is 15.6 Å². The van der Waals surface area contributed by atoms with E-state index in [0.717, 1.165) is 5.56 Å².